The molecule has 0 spiro atoms. The Kier molecular flexibility index (Phi) is 2.67. The number of carbonyl (C=O) groups is 1. The number of halogens is 2. The molecule has 5 nitrogen and oxygen atoms in total. The van der Waals surface area contributed by atoms with Crippen LogP contribution in [0.5, 0.6) is 0 Å². The topological polar surface area (TPSA) is 84.7 Å². The van der Waals surface area contributed by atoms with Crippen LogP contribution in [0.25, 0.3) is 11.2 Å². The number of aromatic nitrogens is 3. The van der Waals surface area contributed by atoms with E-state index < -0.39 is 23.0 Å². The maximum absolute atomic E-state index is 13.9. The van der Waals surface area contributed by atoms with Crippen molar-refractivity contribution in [3.8, 4) is 0 Å². The summed E-state index contributed by atoms with van der Waals surface area (Å²) >= 11 is 0. The molecule has 0 saturated heterocycles. The van der Waals surface area contributed by atoms with Crippen LogP contribution in [0, 0.1) is 11.6 Å². The fourth-order valence-corrected chi connectivity index (χ4v) is 1.93. The van der Waals surface area contributed by atoms with Crippen LogP contribution in [0.2, 0.25) is 0 Å². The van der Waals surface area contributed by atoms with Gasteiger partial charge in [0.2, 0.25) is 5.78 Å². The average molecular weight is 274 g/mol. The molecule has 0 aliphatic heterocycles. The highest BCUT2D eigenvalue weighted by molar-refractivity contribution is 6.15. The molecule has 0 aliphatic rings. The Bertz CT molecular complexity index is 828. The number of nitrogens with two attached hydrogens (primary N) is 1. The predicted molar refractivity (Wildman–Crippen MR) is 68.1 cm³/mol. The summed E-state index contributed by atoms with van der Waals surface area (Å²) in [7, 11) is 0. The molecule has 0 aliphatic carbocycles. The average Bonchev–Trinajstić information content (AvgIpc) is 2.87. The van der Waals surface area contributed by atoms with Crippen LogP contribution < -0.4 is 5.73 Å². The molecule has 2 aromatic heterocycles. The number of benzene rings is 1. The fraction of sp³-hybridized carbons (Fsp3) is 0. The third-order valence-corrected chi connectivity index (χ3v) is 2.90. The Balaban J connectivity index is 2.21. The van der Waals surface area contributed by atoms with Gasteiger partial charge in [-0.15, -0.1) is 0 Å². The van der Waals surface area contributed by atoms with Crippen molar-refractivity contribution >= 4 is 22.6 Å². The van der Waals surface area contributed by atoms with Crippen LogP contribution in [0.4, 0.5) is 14.5 Å². The van der Waals surface area contributed by atoms with Crippen LogP contribution in [-0.4, -0.2) is 20.7 Å². The van der Waals surface area contributed by atoms with Gasteiger partial charge < -0.3 is 10.7 Å². The molecule has 0 saturated carbocycles. The first kappa shape index (κ1) is 12.2. The number of rotatable bonds is 2. The van der Waals surface area contributed by atoms with Crippen molar-refractivity contribution in [2.24, 2.45) is 0 Å². The smallest absolute Gasteiger partial charge is 0.202 e. The lowest BCUT2D eigenvalue weighted by Gasteiger charge is -2.05. The number of nitrogen functional groups attached to an aromatic ring is 1. The molecule has 7 heteroatoms. The Hall–Kier alpha value is -2.83. The second-order valence-corrected chi connectivity index (χ2v) is 4.11. The highest BCUT2D eigenvalue weighted by Crippen LogP contribution is 2.24. The first-order valence-electron chi connectivity index (χ1n) is 5.66. The number of ketones is 1. The van der Waals surface area contributed by atoms with Gasteiger partial charge in [0, 0.05) is 18.6 Å². The standard InChI is InChI=1S/C13H8F2N4O/c14-7-1-2-8(16)10(15)9(7)12(20)6-5-19-13-11(6)17-3-4-18-13/h1-5H,16H2,(H,18,19). The van der Waals surface area contributed by atoms with E-state index in [4.69, 9.17) is 5.73 Å². The minimum absolute atomic E-state index is 0.0384. The summed E-state index contributed by atoms with van der Waals surface area (Å²) in [6, 6.07) is 2.02. The van der Waals surface area contributed by atoms with Crippen LogP contribution in [-0.2, 0) is 0 Å². The number of fused-ring (bicyclic) bond motifs is 1. The van der Waals surface area contributed by atoms with Crippen LogP contribution >= 0.6 is 0 Å². The SMILES string of the molecule is Nc1ccc(F)c(C(=O)c2c[nH]c3nccnc23)c1F. The summed E-state index contributed by atoms with van der Waals surface area (Å²) < 4.78 is 27.6. The first-order valence-corrected chi connectivity index (χ1v) is 5.66. The molecule has 3 N–H and O–H groups in total. The van der Waals surface area contributed by atoms with Gasteiger partial charge >= 0.3 is 0 Å². The molecule has 3 aromatic rings. The van der Waals surface area contributed by atoms with Crippen LogP contribution in [0.3, 0.4) is 0 Å². The van der Waals surface area contributed by atoms with E-state index in [2.05, 4.69) is 15.0 Å². The molecular formula is C13H8F2N4O. The molecule has 0 unspecified atom stereocenters. The minimum atomic E-state index is -1.08. The lowest BCUT2D eigenvalue weighted by molar-refractivity contribution is 0.103. The first-order chi connectivity index (χ1) is 9.59. The van der Waals surface area contributed by atoms with Gasteiger partial charge in [-0.05, 0) is 12.1 Å². The second-order valence-electron chi connectivity index (χ2n) is 4.11. The van der Waals surface area contributed by atoms with E-state index in [1.54, 1.807) is 0 Å². The number of H-pyrrole nitrogens is 1. The lowest BCUT2D eigenvalue weighted by atomic mass is 10.0. The number of nitrogens with one attached hydrogen (secondary N) is 1. The van der Waals surface area contributed by atoms with E-state index in [0.717, 1.165) is 12.1 Å². The van der Waals surface area contributed by atoms with Gasteiger partial charge in [-0.2, -0.15) is 0 Å². The molecule has 0 radical (unpaired) electrons. The van der Waals surface area contributed by atoms with Crippen molar-refractivity contribution in [1.29, 1.82) is 0 Å². The molecule has 100 valence electrons. The Morgan fingerprint density at radius 1 is 1.20 bits per heavy atom. The van der Waals surface area contributed by atoms with Gasteiger partial charge in [0.05, 0.1) is 16.8 Å². The molecule has 0 atom stereocenters. The van der Waals surface area contributed by atoms with Crippen molar-refractivity contribution in [3.63, 3.8) is 0 Å². The van der Waals surface area contributed by atoms with E-state index in [-0.39, 0.29) is 16.8 Å². The third kappa shape index (κ3) is 1.71. The Labute approximate surface area is 111 Å². The zero-order valence-corrected chi connectivity index (χ0v) is 10.0. The van der Waals surface area contributed by atoms with Crippen molar-refractivity contribution in [3.05, 3.63) is 53.5 Å². The number of carbonyl (C=O) groups excluding carboxylic acids is 1. The van der Waals surface area contributed by atoms with Crippen molar-refractivity contribution in [2.45, 2.75) is 0 Å². The molecule has 1 aromatic carbocycles. The summed E-state index contributed by atoms with van der Waals surface area (Å²) in [6.45, 7) is 0. The molecular weight excluding hydrogens is 266 g/mol. The highest BCUT2D eigenvalue weighted by atomic mass is 19.1. The summed E-state index contributed by atoms with van der Waals surface area (Å²) in [4.78, 5) is 23.0. The maximum Gasteiger partial charge on any atom is 0.202 e. The summed E-state index contributed by atoms with van der Waals surface area (Å²) in [5.74, 6) is -2.88. The van der Waals surface area contributed by atoms with Gasteiger partial charge in [0.1, 0.15) is 11.3 Å². The number of hydrogen-bond donors (Lipinski definition) is 2. The van der Waals surface area contributed by atoms with Gasteiger partial charge in [-0.3, -0.25) is 9.78 Å². The van der Waals surface area contributed by atoms with E-state index in [0.29, 0.717) is 5.65 Å². The van der Waals surface area contributed by atoms with Gasteiger partial charge in [0.15, 0.2) is 11.5 Å². The van der Waals surface area contributed by atoms with E-state index in [1.807, 2.05) is 0 Å². The van der Waals surface area contributed by atoms with Crippen LogP contribution in [0.1, 0.15) is 15.9 Å². The second kappa shape index (κ2) is 4.37. The number of hydrogen-bond acceptors (Lipinski definition) is 4. The van der Waals surface area contributed by atoms with Gasteiger partial charge in [0.25, 0.3) is 0 Å². The summed E-state index contributed by atoms with van der Waals surface area (Å²) in [5, 5.41) is 0. The largest absolute Gasteiger partial charge is 0.396 e. The van der Waals surface area contributed by atoms with Crippen molar-refractivity contribution < 1.29 is 13.6 Å². The molecule has 3 rings (SSSR count). The monoisotopic (exact) mass is 274 g/mol. The predicted octanol–water partition coefficient (Wildman–Crippen LogP) is 2.05. The maximum atomic E-state index is 13.9. The van der Waals surface area contributed by atoms with E-state index >= 15 is 0 Å². The lowest BCUT2D eigenvalue weighted by Crippen LogP contribution is -2.09. The number of aromatic amines is 1. The van der Waals surface area contributed by atoms with Crippen molar-refractivity contribution in [2.75, 3.05) is 5.73 Å². The van der Waals surface area contributed by atoms with E-state index in [1.165, 1.54) is 18.6 Å². The highest BCUT2D eigenvalue weighted by Gasteiger charge is 2.24. The van der Waals surface area contributed by atoms with Crippen molar-refractivity contribution in [1.82, 2.24) is 15.0 Å². The zero-order chi connectivity index (χ0) is 14.3. The van der Waals surface area contributed by atoms with E-state index in [9.17, 15) is 13.6 Å². The van der Waals surface area contributed by atoms with Gasteiger partial charge in [-0.1, -0.05) is 0 Å². The van der Waals surface area contributed by atoms with Crippen LogP contribution in [0.15, 0.2) is 30.7 Å². The Morgan fingerprint density at radius 2 is 1.95 bits per heavy atom. The fourth-order valence-electron chi connectivity index (χ4n) is 1.93. The molecule has 2 heterocycles. The summed E-state index contributed by atoms with van der Waals surface area (Å²) in [6.07, 6.45) is 4.14. The summed E-state index contributed by atoms with van der Waals surface area (Å²) in [5.41, 5.74) is 5.02. The third-order valence-electron chi connectivity index (χ3n) is 2.90. The Morgan fingerprint density at radius 3 is 2.75 bits per heavy atom. The molecule has 0 amide bonds. The molecule has 0 fully saturated rings. The molecule has 20 heavy (non-hydrogen) atoms. The zero-order valence-electron chi connectivity index (χ0n) is 10.0. The number of anilines is 1. The normalized spacial score (nSPS) is 10.9. The number of nitrogens with zero attached hydrogens (tertiary/aromatic N) is 2. The molecule has 0 bridgehead atoms. The minimum Gasteiger partial charge on any atom is -0.396 e. The quantitative estimate of drug-likeness (QED) is 0.553. The van der Waals surface area contributed by atoms with Gasteiger partial charge in [-0.25, -0.2) is 13.8 Å².